The lowest BCUT2D eigenvalue weighted by Gasteiger charge is -2.09. The Labute approximate surface area is 97.8 Å². The normalized spacial score (nSPS) is 26.6. The van der Waals surface area contributed by atoms with Crippen molar-refractivity contribution in [1.82, 2.24) is 0 Å². The third kappa shape index (κ3) is 1.61. The van der Waals surface area contributed by atoms with Crippen molar-refractivity contribution in [2.75, 3.05) is 13.7 Å². The maximum atomic E-state index is 5.82. The third-order valence-electron chi connectivity index (χ3n) is 4.12. The zero-order valence-corrected chi connectivity index (χ0v) is 10.6. The van der Waals surface area contributed by atoms with Crippen molar-refractivity contribution in [2.24, 2.45) is 17.1 Å². The molecule has 2 rings (SSSR count). The van der Waals surface area contributed by atoms with Crippen molar-refractivity contribution in [3.8, 4) is 5.75 Å². The summed E-state index contributed by atoms with van der Waals surface area (Å²) in [4.78, 5) is 0. The summed E-state index contributed by atoms with van der Waals surface area (Å²) < 4.78 is 5.23. The summed E-state index contributed by atoms with van der Waals surface area (Å²) in [6, 6.07) is 6.35. The fourth-order valence-corrected chi connectivity index (χ4v) is 2.93. The van der Waals surface area contributed by atoms with Gasteiger partial charge >= 0.3 is 0 Å². The molecule has 0 unspecified atom stereocenters. The molecule has 0 bridgehead atoms. The average molecular weight is 219 g/mol. The molecule has 0 aromatic heterocycles. The monoisotopic (exact) mass is 219 g/mol. The van der Waals surface area contributed by atoms with Gasteiger partial charge in [0.25, 0.3) is 0 Å². The summed E-state index contributed by atoms with van der Waals surface area (Å²) >= 11 is 0. The predicted octanol–water partition coefficient (Wildman–Crippen LogP) is 2.70. The fraction of sp³-hybridized carbons (Fsp3) is 0.571. The molecule has 0 radical (unpaired) electrons. The van der Waals surface area contributed by atoms with Gasteiger partial charge in [0.05, 0.1) is 7.11 Å². The van der Waals surface area contributed by atoms with Crippen molar-refractivity contribution in [1.29, 1.82) is 0 Å². The lowest BCUT2D eigenvalue weighted by molar-refractivity contribution is 0.414. The molecule has 1 aromatic carbocycles. The topological polar surface area (TPSA) is 35.2 Å². The molecule has 0 aliphatic heterocycles. The van der Waals surface area contributed by atoms with E-state index in [0.717, 1.165) is 12.3 Å². The van der Waals surface area contributed by atoms with Crippen LogP contribution in [-0.2, 0) is 0 Å². The number of ether oxygens (including phenoxy) is 1. The van der Waals surface area contributed by atoms with Crippen LogP contribution in [0.3, 0.4) is 0 Å². The van der Waals surface area contributed by atoms with E-state index in [9.17, 15) is 0 Å². The molecule has 2 heteroatoms. The quantitative estimate of drug-likeness (QED) is 0.848. The van der Waals surface area contributed by atoms with Crippen LogP contribution in [0.2, 0.25) is 0 Å². The summed E-state index contributed by atoms with van der Waals surface area (Å²) in [5.74, 6) is 2.17. The number of nitrogens with two attached hydrogens (primary N) is 1. The van der Waals surface area contributed by atoms with Crippen LogP contribution in [-0.4, -0.2) is 13.7 Å². The highest BCUT2D eigenvalue weighted by atomic mass is 16.5. The number of benzene rings is 1. The van der Waals surface area contributed by atoms with Gasteiger partial charge in [-0.05, 0) is 54.0 Å². The Kier molecular flexibility index (Phi) is 2.70. The van der Waals surface area contributed by atoms with Gasteiger partial charge in [0.15, 0.2) is 0 Å². The molecule has 0 saturated heterocycles. The molecule has 1 saturated carbocycles. The summed E-state index contributed by atoms with van der Waals surface area (Å²) in [5.41, 5.74) is 8.92. The molecule has 16 heavy (non-hydrogen) atoms. The van der Waals surface area contributed by atoms with Crippen LogP contribution in [0.25, 0.3) is 0 Å². The van der Waals surface area contributed by atoms with Crippen molar-refractivity contribution >= 4 is 0 Å². The van der Waals surface area contributed by atoms with Gasteiger partial charge in [-0.25, -0.2) is 0 Å². The standard InChI is InChI=1S/C14H21NO/c1-9-7-10(16-4)5-6-11(9)13-12(8-15)14(13,2)3/h5-7,12-13H,8,15H2,1-4H3/t12-,13-/m0/s1. The van der Waals surface area contributed by atoms with Gasteiger partial charge in [-0.1, -0.05) is 19.9 Å². The first-order valence-corrected chi connectivity index (χ1v) is 5.87. The number of methoxy groups -OCH3 is 1. The van der Waals surface area contributed by atoms with E-state index in [1.807, 2.05) is 6.07 Å². The number of rotatable bonds is 3. The average Bonchev–Trinajstić information content (AvgIpc) is 2.80. The minimum atomic E-state index is 0.355. The van der Waals surface area contributed by atoms with Gasteiger partial charge in [0.1, 0.15) is 5.75 Å². The highest BCUT2D eigenvalue weighted by molar-refractivity contribution is 5.42. The van der Waals surface area contributed by atoms with E-state index in [1.165, 1.54) is 11.1 Å². The Balaban J connectivity index is 2.30. The van der Waals surface area contributed by atoms with Crippen molar-refractivity contribution in [3.05, 3.63) is 29.3 Å². The molecule has 1 fully saturated rings. The van der Waals surface area contributed by atoms with Gasteiger partial charge in [-0.15, -0.1) is 0 Å². The SMILES string of the molecule is COc1ccc([C@H]2[C@H](CN)C2(C)C)c(C)c1. The van der Waals surface area contributed by atoms with Crippen LogP contribution in [0.5, 0.6) is 5.75 Å². The van der Waals surface area contributed by atoms with E-state index in [1.54, 1.807) is 7.11 Å². The van der Waals surface area contributed by atoms with Crippen LogP contribution in [0, 0.1) is 18.3 Å². The van der Waals surface area contributed by atoms with Crippen molar-refractivity contribution in [2.45, 2.75) is 26.7 Å². The summed E-state index contributed by atoms with van der Waals surface area (Å²) in [7, 11) is 1.71. The van der Waals surface area contributed by atoms with Crippen molar-refractivity contribution < 1.29 is 4.74 Å². The van der Waals surface area contributed by atoms with Gasteiger partial charge in [0, 0.05) is 0 Å². The van der Waals surface area contributed by atoms with Crippen LogP contribution < -0.4 is 10.5 Å². The van der Waals surface area contributed by atoms with Crippen LogP contribution in [0.1, 0.15) is 30.9 Å². The van der Waals surface area contributed by atoms with E-state index < -0.39 is 0 Å². The molecule has 1 aromatic rings. The number of aryl methyl sites for hydroxylation is 1. The summed E-state index contributed by atoms with van der Waals surface area (Å²) in [5, 5.41) is 0. The molecule has 2 atom stereocenters. The van der Waals surface area contributed by atoms with Crippen LogP contribution in [0.15, 0.2) is 18.2 Å². The molecule has 1 aliphatic carbocycles. The number of hydrogen-bond acceptors (Lipinski definition) is 2. The first-order chi connectivity index (χ1) is 7.52. The van der Waals surface area contributed by atoms with Gasteiger partial charge in [-0.2, -0.15) is 0 Å². The Morgan fingerprint density at radius 2 is 2.06 bits per heavy atom. The maximum absolute atomic E-state index is 5.82. The minimum Gasteiger partial charge on any atom is -0.497 e. The highest BCUT2D eigenvalue weighted by Gasteiger charge is 2.57. The van der Waals surface area contributed by atoms with E-state index >= 15 is 0 Å². The van der Waals surface area contributed by atoms with Crippen molar-refractivity contribution in [3.63, 3.8) is 0 Å². The van der Waals surface area contributed by atoms with E-state index in [4.69, 9.17) is 10.5 Å². The van der Waals surface area contributed by atoms with Gasteiger partial charge in [-0.3, -0.25) is 0 Å². The lowest BCUT2D eigenvalue weighted by Crippen LogP contribution is -2.05. The number of hydrogen-bond donors (Lipinski definition) is 1. The molecule has 88 valence electrons. The highest BCUT2D eigenvalue weighted by Crippen LogP contribution is 2.64. The maximum Gasteiger partial charge on any atom is 0.119 e. The third-order valence-corrected chi connectivity index (χ3v) is 4.12. The first kappa shape index (κ1) is 11.5. The summed E-state index contributed by atoms with van der Waals surface area (Å²) in [6.45, 7) is 7.54. The molecular weight excluding hydrogens is 198 g/mol. The predicted molar refractivity (Wildman–Crippen MR) is 66.8 cm³/mol. The molecular formula is C14H21NO. The molecule has 0 amide bonds. The first-order valence-electron chi connectivity index (χ1n) is 5.87. The molecule has 2 nitrogen and oxygen atoms in total. The van der Waals surface area contributed by atoms with E-state index in [-0.39, 0.29) is 0 Å². The second kappa shape index (κ2) is 3.77. The Morgan fingerprint density at radius 1 is 1.38 bits per heavy atom. The van der Waals surface area contributed by atoms with Crippen LogP contribution in [0.4, 0.5) is 0 Å². The smallest absolute Gasteiger partial charge is 0.119 e. The zero-order valence-electron chi connectivity index (χ0n) is 10.6. The second-order valence-electron chi connectivity index (χ2n) is 5.36. The summed E-state index contributed by atoms with van der Waals surface area (Å²) in [6.07, 6.45) is 0. The van der Waals surface area contributed by atoms with Gasteiger partial charge in [0.2, 0.25) is 0 Å². The lowest BCUT2D eigenvalue weighted by atomic mass is 9.99. The molecule has 0 spiro atoms. The second-order valence-corrected chi connectivity index (χ2v) is 5.36. The van der Waals surface area contributed by atoms with E-state index in [2.05, 4.69) is 32.9 Å². The largest absolute Gasteiger partial charge is 0.497 e. The molecule has 0 heterocycles. The Bertz CT molecular complexity index is 398. The van der Waals surface area contributed by atoms with Crippen LogP contribution >= 0.6 is 0 Å². The molecule has 1 aliphatic rings. The zero-order chi connectivity index (χ0) is 11.9. The minimum absolute atomic E-state index is 0.355. The van der Waals surface area contributed by atoms with Gasteiger partial charge < -0.3 is 10.5 Å². The van der Waals surface area contributed by atoms with E-state index in [0.29, 0.717) is 17.3 Å². The molecule has 2 N–H and O–H groups in total. The Morgan fingerprint density at radius 3 is 2.50 bits per heavy atom. The Hall–Kier alpha value is -1.02. The fourth-order valence-electron chi connectivity index (χ4n) is 2.93.